The van der Waals surface area contributed by atoms with Crippen molar-refractivity contribution in [2.24, 2.45) is 0 Å². The van der Waals surface area contributed by atoms with Crippen LogP contribution in [0.2, 0.25) is 0 Å². The van der Waals surface area contributed by atoms with Crippen LogP contribution in [-0.2, 0) is 9.47 Å². The predicted molar refractivity (Wildman–Crippen MR) is 38.3 cm³/mol. The second-order valence-corrected chi connectivity index (χ2v) is 2.52. The molecule has 2 unspecified atom stereocenters. The third-order valence-electron chi connectivity index (χ3n) is 1.61. The van der Waals surface area contributed by atoms with Gasteiger partial charge in [0.1, 0.15) is 6.10 Å². The Bertz CT molecular complexity index is 103. The number of epoxide rings is 1. The minimum absolute atomic E-state index is 0.0225. The zero-order valence-electron chi connectivity index (χ0n) is 6.40. The van der Waals surface area contributed by atoms with Gasteiger partial charge in [-0.25, -0.2) is 0 Å². The lowest BCUT2D eigenvalue weighted by Gasteiger charge is -2.12. The standard InChI is InChI=1S/C7H14O4/c8-2-1-6(7-5-11-7)10-4-3-9/h6-9H,1-5H2. The van der Waals surface area contributed by atoms with Gasteiger partial charge in [0.25, 0.3) is 0 Å². The number of aliphatic hydroxyl groups excluding tert-OH is 2. The summed E-state index contributed by atoms with van der Waals surface area (Å²) in [7, 11) is 0. The molecular formula is C7H14O4. The molecule has 1 saturated heterocycles. The van der Waals surface area contributed by atoms with Crippen molar-refractivity contribution in [1.29, 1.82) is 0 Å². The van der Waals surface area contributed by atoms with E-state index in [9.17, 15) is 0 Å². The molecule has 4 heteroatoms. The zero-order chi connectivity index (χ0) is 8.10. The summed E-state index contributed by atoms with van der Waals surface area (Å²) in [5.41, 5.74) is 0. The lowest BCUT2D eigenvalue weighted by molar-refractivity contribution is 0.000313. The zero-order valence-corrected chi connectivity index (χ0v) is 6.40. The molecule has 11 heavy (non-hydrogen) atoms. The van der Waals surface area contributed by atoms with E-state index in [-0.39, 0.29) is 25.4 Å². The summed E-state index contributed by atoms with van der Waals surface area (Å²) in [5, 5.41) is 17.1. The maximum absolute atomic E-state index is 8.61. The third kappa shape index (κ3) is 3.16. The van der Waals surface area contributed by atoms with Gasteiger partial charge in [-0.05, 0) is 6.42 Å². The molecule has 4 nitrogen and oxygen atoms in total. The highest BCUT2D eigenvalue weighted by atomic mass is 16.6. The van der Waals surface area contributed by atoms with Gasteiger partial charge in [0.2, 0.25) is 0 Å². The third-order valence-corrected chi connectivity index (χ3v) is 1.61. The van der Waals surface area contributed by atoms with Crippen LogP contribution in [0.4, 0.5) is 0 Å². The Kier molecular flexibility index (Phi) is 3.79. The molecular weight excluding hydrogens is 148 g/mol. The highest BCUT2D eigenvalue weighted by Crippen LogP contribution is 2.19. The molecule has 0 aromatic rings. The van der Waals surface area contributed by atoms with Gasteiger partial charge in [-0.15, -0.1) is 0 Å². The van der Waals surface area contributed by atoms with Gasteiger partial charge in [-0.2, -0.15) is 0 Å². The Hall–Kier alpha value is -0.160. The van der Waals surface area contributed by atoms with Gasteiger partial charge in [-0.3, -0.25) is 0 Å². The van der Waals surface area contributed by atoms with Gasteiger partial charge in [0.15, 0.2) is 0 Å². The van der Waals surface area contributed by atoms with Crippen LogP contribution in [-0.4, -0.2) is 48.8 Å². The van der Waals surface area contributed by atoms with Gasteiger partial charge in [0, 0.05) is 6.61 Å². The van der Waals surface area contributed by atoms with Crippen molar-refractivity contribution in [2.75, 3.05) is 26.4 Å². The molecule has 2 N–H and O–H groups in total. The fraction of sp³-hybridized carbons (Fsp3) is 1.00. The van der Waals surface area contributed by atoms with Crippen LogP contribution in [0.25, 0.3) is 0 Å². The monoisotopic (exact) mass is 162 g/mol. The molecule has 0 aliphatic carbocycles. The van der Waals surface area contributed by atoms with E-state index in [1.54, 1.807) is 0 Å². The topological polar surface area (TPSA) is 62.2 Å². The first-order valence-corrected chi connectivity index (χ1v) is 3.83. The predicted octanol–water partition coefficient (Wildman–Crippen LogP) is -0.855. The minimum atomic E-state index is -0.0350. The van der Waals surface area contributed by atoms with E-state index < -0.39 is 0 Å². The first-order chi connectivity index (χ1) is 5.38. The molecule has 0 amide bonds. The second kappa shape index (κ2) is 4.66. The Labute approximate surface area is 65.7 Å². The Balaban J connectivity index is 2.10. The normalized spacial score (nSPS) is 25.1. The molecule has 2 atom stereocenters. The van der Waals surface area contributed by atoms with Crippen LogP contribution in [0.1, 0.15) is 6.42 Å². The maximum atomic E-state index is 8.61. The van der Waals surface area contributed by atoms with Crippen molar-refractivity contribution in [3.8, 4) is 0 Å². The number of hydrogen-bond donors (Lipinski definition) is 2. The molecule has 66 valence electrons. The van der Waals surface area contributed by atoms with Crippen LogP contribution >= 0.6 is 0 Å². The summed E-state index contributed by atoms with van der Waals surface area (Å²) < 4.78 is 10.2. The summed E-state index contributed by atoms with van der Waals surface area (Å²) in [6.07, 6.45) is 0.700. The van der Waals surface area contributed by atoms with E-state index in [1.165, 1.54) is 0 Å². The van der Waals surface area contributed by atoms with Crippen molar-refractivity contribution in [2.45, 2.75) is 18.6 Å². The van der Waals surface area contributed by atoms with E-state index >= 15 is 0 Å². The fourth-order valence-corrected chi connectivity index (χ4v) is 0.978. The van der Waals surface area contributed by atoms with Crippen LogP contribution in [0.5, 0.6) is 0 Å². The summed E-state index contributed by atoms with van der Waals surface area (Å²) >= 11 is 0. The van der Waals surface area contributed by atoms with E-state index in [1.807, 2.05) is 0 Å². The quantitative estimate of drug-likeness (QED) is 0.499. The SMILES string of the molecule is OCCOC(CCO)C1CO1. The van der Waals surface area contributed by atoms with Crippen molar-refractivity contribution < 1.29 is 19.7 Å². The van der Waals surface area contributed by atoms with Crippen molar-refractivity contribution in [1.82, 2.24) is 0 Å². The minimum Gasteiger partial charge on any atom is -0.396 e. The van der Waals surface area contributed by atoms with E-state index in [4.69, 9.17) is 19.7 Å². The molecule has 1 fully saturated rings. The number of ether oxygens (including phenoxy) is 2. The number of hydrogen-bond acceptors (Lipinski definition) is 4. The second-order valence-electron chi connectivity index (χ2n) is 2.52. The molecule has 0 radical (unpaired) electrons. The fourth-order valence-electron chi connectivity index (χ4n) is 0.978. The van der Waals surface area contributed by atoms with Gasteiger partial charge < -0.3 is 19.7 Å². The Morgan fingerprint density at radius 1 is 1.45 bits per heavy atom. The molecule has 1 heterocycles. The van der Waals surface area contributed by atoms with Crippen LogP contribution in [0.3, 0.4) is 0 Å². The van der Waals surface area contributed by atoms with E-state index in [2.05, 4.69) is 0 Å². The van der Waals surface area contributed by atoms with E-state index in [0.717, 1.165) is 6.61 Å². The van der Waals surface area contributed by atoms with Crippen LogP contribution in [0.15, 0.2) is 0 Å². The van der Waals surface area contributed by atoms with Crippen LogP contribution < -0.4 is 0 Å². The Morgan fingerprint density at radius 2 is 2.18 bits per heavy atom. The van der Waals surface area contributed by atoms with Gasteiger partial charge in [-0.1, -0.05) is 0 Å². The summed E-state index contributed by atoms with van der Waals surface area (Å²) in [5.74, 6) is 0. The summed E-state index contributed by atoms with van der Waals surface area (Å²) in [4.78, 5) is 0. The first-order valence-electron chi connectivity index (χ1n) is 3.83. The van der Waals surface area contributed by atoms with Crippen molar-refractivity contribution in [3.05, 3.63) is 0 Å². The Morgan fingerprint density at radius 3 is 2.64 bits per heavy atom. The maximum Gasteiger partial charge on any atom is 0.107 e. The van der Waals surface area contributed by atoms with Gasteiger partial charge >= 0.3 is 0 Å². The summed E-state index contributed by atoms with van der Waals surface area (Å²) in [6.45, 7) is 1.17. The van der Waals surface area contributed by atoms with Crippen molar-refractivity contribution in [3.63, 3.8) is 0 Å². The molecule has 0 aromatic carbocycles. The average molecular weight is 162 g/mol. The number of aliphatic hydroxyl groups is 2. The molecule has 0 bridgehead atoms. The van der Waals surface area contributed by atoms with Gasteiger partial charge in [0.05, 0.1) is 25.9 Å². The highest BCUT2D eigenvalue weighted by Gasteiger charge is 2.32. The molecule has 0 saturated carbocycles. The highest BCUT2D eigenvalue weighted by molar-refractivity contribution is 4.79. The largest absolute Gasteiger partial charge is 0.396 e. The lowest BCUT2D eigenvalue weighted by atomic mass is 10.2. The first kappa shape index (κ1) is 8.93. The van der Waals surface area contributed by atoms with Crippen molar-refractivity contribution >= 4 is 0 Å². The molecule has 0 spiro atoms. The molecule has 1 rings (SSSR count). The molecule has 0 aromatic heterocycles. The average Bonchev–Trinajstić information content (AvgIpc) is 2.80. The lowest BCUT2D eigenvalue weighted by Crippen LogP contribution is -2.22. The summed E-state index contributed by atoms with van der Waals surface area (Å²) in [6, 6.07) is 0. The van der Waals surface area contributed by atoms with Crippen LogP contribution in [0, 0.1) is 0 Å². The number of rotatable bonds is 6. The smallest absolute Gasteiger partial charge is 0.107 e. The molecule has 1 aliphatic heterocycles. The molecule has 1 aliphatic rings. The van der Waals surface area contributed by atoms with E-state index in [0.29, 0.717) is 13.0 Å².